The fourth-order valence-electron chi connectivity index (χ4n) is 2.09. The molecule has 0 radical (unpaired) electrons. The van der Waals surface area contributed by atoms with Gasteiger partial charge >= 0.3 is 5.97 Å². The summed E-state index contributed by atoms with van der Waals surface area (Å²) in [6.07, 6.45) is 6.46. The van der Waals surface area contributed by atoms with Gasteiger partial charge < -0.3 is 10.0 Å². The average molecular weight is 326 g/mol. The van der Waals surface area contributed by atoms with Gasteiger partial charge in [-0.1, -0.05) is 11.6 Å². The van der Waals surface area contributed by atoms with Gasteiger partial charge in [-0.2, -0.15) is 0 Å². The molecule has 21 heavy (non-hydrogen) atoms. The zero-order valence-corrected chi connectivity index (χ0v) is 12.5. The third-order valence-corrected chi connectivity index (χ3v) is 4.25. The Bertz CT molecular complexity index is 732. The van der Waals surface area contributed by atoms with Crippen molar-refractivity contribution in [1.82, 2.24) is 14.3 Å². The molecule has 2 aromatic heterocycles. The Labute approximate surface area is 129 Å². The van der Waals surface area contributed by atoms with Crippen molar-refractivity contribution in [3.05, 3.63) is 28.5 Å². The van der Waals surface area contributed by atoms with E-state index in [0.717, 1.165) is 17.8 Å². The molecular formula is C13H12ClN3O3S. The van der Waals surface area contributed by atoms with Crippen LogP contribution in [0.4, 0.5) is 0 Å². The van der Waals surface area contributed by atoms with Crippen molar-refractivity contribution in [3.8, 4) is 0 Å². The van der Waals surface area contributed by atoms with Crippen LogP contribution in [-0.4, -0.2) is 43.9 Å². The number of hydrogen-bond donors (Lipinski definition) is 1. The van der Waals surface area contributed by atoms with Crippen LogP contribution in [0.5, 0.6) is 0 Å². The van der Waals surface area contributed by atoms with Crippen molar-refractivity contribution in [3.63, 3.8) is 0 Å². The average Bonchev–Trinajstić information content (AvgIpc) is 3.09. The molecule has 0 aromatic carbocycles. The molecule has 2 heterocycles. The van der Waals surface area contributed by atoms with E-state index in [1.807, 2.05) is 11.6 Å². The molecule has 1 aliphatic rings. The third kappa shape index (κ3) is 2.93. The van der Waals surface area contributed by atoms with Gasteiger partial charge in [-0.05, 0) is 18.9 Å². The number of nitrogens with zero attached hydrogens (tertiary/aromatic N) is 3. The minimum absolute atomic E-state index is 0.0420. The largest absolute Gasteiger partial charge is 0.480 e. The van der Waals surface area contributed by atoms with Crippen LogP contribution in [0.1, 0.15) is 18.5 Å². The van der Waals surface area contributed by atoms with Gasteiger partial charge in [-0.25, -0.2) is 4.98 Å². The molecule has 1 fully saturated rings. The molecule has 0 aliphatic heterocycles. The lowest BCUT2D eigenvalue weighted by atomic mass is 10.3. The lowest BCUT2D eigenvalue weighted by molar-refractivity contribution is -0.143. The number of aromatic nitrogens is 2. The number of halogens is 1. The van der Waals surface area contributed by atoms with E-state index in [0.29, 0.717) is 10.8 Å². The van der Waals surface area contributed by atoms with Crippen molar-refractivity contribution in [2.75, 3.05) is 6.54 Å². The smallest absolute Gasteiger partial charge is 0.323 e. The Morgan fingerprint density at radius 3 is 3.00 bits per heavy atom. The first-order valence-corrected chi connectivity index (χ1v) is 7.63. The minimum Gasteiger partial charge on any atom is -0.480 e. The van der Waals surface area contributed by atoms with E-state index in [1.54, 1.807) is 10.5 Å². The highest BCUT2D eigenvalue weighted by Crippen LogP contribution is 2.27. The van der Waals surface area contributed by atoms with Crippen LogP contribution >= 0.6 is 22.9 Å². The third-order valence-electron chi connectivity index (χ3n) is 3.21. The predicted molar refractivity (Wildman–Crippen MR) is 79.5 cm³/mol. The van der Waals surface area contributed by atoms with Crippen molar-refractivity contribution >= 4 is 45.9 Å². The Kier molecular flexibility index (Phi) is 3.69. The zero-order chi connectivity index (χ0) is 15.0. The molecule has 0 spiro atoms. The van der Waals surface area contributed by atoms with Crippen LogP contribution in [0.15, 0.2) is 17.7 Å². The SMILES string of the molecule is O=C(O)CN(C(=O)C=Cc1c(Cl)nc2sccn12)C1CC1. The van der Waals surface area contributed by atoms with Crippen molar-refractivity contribution in [2.24, 2.45) is 0 Å². The molecule has 6 nitrogen and oxygen atoms in total. The van der Waals surface area contributed by atoms with Gasteiger partial charge in [-0.15, -0.1) is 11.3 Å². The number of rotatable bonds is 5. The number of carboxylic acid groups (broad SMARTS) is 1. The second-order valence-corrected chi connectivity index (χ2v) is 6.00. The maximum Gasteiger partial charge on any atom is 0.323 e. The predicted octanol–water partition coefficient (Wildman–Crippen LogP) is 2.14. The van der Waals surface area contributed by atoms with Gasteiger partial charge in [0, 0.05) is 23.7 Å². The van der Waals surface area contributed by atoms with E-state index < -0.39 is 5.97 Å². The highest BCUT2D eigenvalue weighted by molar-refractivity contribution is 7.15. The van der Waals surface area contributed by atoms with Gasteiger partial charge in [0.2, 0.25) is 5.91 Å². The van der Waals surface area contributed by atoms with Crippen LogP contribution in [-0.2, 0) is 9.59 Å². The van der Waals surface area contributed by atoms with E-state index >= 15 is 0 Å². The molecule has 1 amide bonds. The summed E-state index contributed by atoms with van der Waals surface area (Å²) < 4.78 is 1.79. The van der Waals surface area contributed by atoms with Crippen LogP contribution in [0, 0.1) is 0 Å². The summed E-state index contributed by atoms with van der Waals surface area (Å²) >= 11 is 7.48. The highest BCUT2D eigenvalue weighted by Gasteiger charge is 2.32. The number of carbonyl (C=O) groups is 2. The molecule has 0 unspecified atom stereocenters. The van der Waals surface area contributed by atoms with Gasteiger partial charge in [-0.3, -0.25) is 14.0 Å². The first kappa shape index (κ1) is 14.1. The summed E-state index contributed by atoms with van der Waals surface area (Å²) in [5.41, 5.74) is 0.618. The Morgan fingerprint density at radius 2 is 2.33 bits per heavy atom. The Balaban J connectivity index is 1.81. The lowest BCUT2D eigenvalue weighted by Crippen LogP contribution is -2.36. The molecule has 3 rings (SSSR count). The van der Waals surface area contributed by atoms with E-state index in [2.05, 4.69) is 4.98 Å². The molecule has 1 N–H and O–H groups in total. The van der Waals surface area contributed by atoms with Crippen LogP contribution in [0.2, 0.25) is 5.15 Å². The fourth-order valence-corrected chi connectivity index (χ4v) is 3.10. The van der Waals surface area contributed by atoms with Gasteiger partial charge in [0.25, 0.3) is 0 Å². The fraction of sp³-hybridized carbons (Fsp3) is 0.308. The number of hydrogen-bond acceptors (Lipinski definition) is 4. The molecule has 0 bridgehead atoms. The lowest BCUT2D eigenvalue weighted by Gasteiger charge is -2.17. The number of fused-ring (bicyclic) bond motifs is 1. The highest BCUT2D eigenvalue weighted by atomic mass is 35.5. The standard InChI is InChI=1S/C13H12ClN3O3S/c14-12-9(16-5-6-21-13(16)15-12)3-4-10(18)17(7-11(19)20)8-1-2-8/h3-6,8H,1-2,7H2,(H,19,20). The second kappa shape index (κ2) is 5.50. The molecule has 0 atom stereocenters. The maximum absolute atomic E-state index is 12.1. The Hall–Kier alpha value is -1.86. The minimum atomic E-state index is -1.01. The Morgan fingerprint density at radius 1 is 1.57 bits per heavy atom. The first-order valence-electron chi connectivity index (χ1n) is 6.38. The van der Waals surface area contributed by atoms with E-state index in [-0.39, 0.29) is 18.5 Å². The van der Waals surface area contributed by atoms with E-state index in [4.69, 9.17) is 16.7 Å². The normalized spacial score (nSPS) is 14.9. The summed E-state index contributed by atoms with van der Waals surface area (Å²) in [6, 6.07) is 0.0420. The summed E-state index contributed by atoms with van der Waals surface area (Å²) in [6.45, 7) is -0.276. The number of carboxylic acids is 1. The van der Waals surface area contributed by atoms with E-state index in [1.165, 1.54) is 22.3 Å². The topological polar surface area (TPSA) is 74.9 Å². The summed E-state index contributed by atoms with van der Waals surface area (Å²) in [5, 5.41) is 11.1. The van der Waals surface area contributed by atoms with Gasteiger partial charge in [0.1, 0.15) is 6.54 Å². The zero-order valence-electron chi connectivity index (χ0n) is 10.9. The summed E-state index contributed by atoms with van der Waals surface area (Å²) in [5.74, 6) is -1.33. The monoisotopic (exact) mass is 325 g/mol. The maximum atomic E-state index is 12.1. The number of carbonyl (C=O) groups excluding carboxylic acids is 1. The quantitative estimate of drug-likeness (QED) is 0.855. The second-order valence-electron chi connectivity index (χ2n) is 4.77. The van der Waals surface area contributed by atoms with E-state index in [9.17, 15) is 9.59 Å². The molecule has 0 saturated heterocycles. The first-order chi connectivity index (χ1) is 10.1. The number of aliphatic carboxylic acids is 1. The van der Waals surface area contributed by atoms with Crippen LogP contribution in [0.3, 0.4) is 0 Å². The molecular weight excluding hydrogens is 314 g/mol. The number of amides is 1. The van der Waals surface area contributed by atoms with Crippen molar-refractivity contribution in [2.45, 2.75) is 18.9 Å². The van der Waals surface area contributed by atoms with Crippen LogP contribution < -0.4 is 0 Å². The summed E-state index contributed by atoms with van der Waals surface area (Å²) in [4.78, 5) is 29.3. The molecule has 8 heteroatoms. The number of thiazole rings is 1. The van der Waals surface area contributed by atoms with Gasteiger partial charge in [0.05, 0.1) is 5.69 Å². The number of imidazole rings is 1. The van der Waals surface area contributed by atoms with Crippen molar-refractivity contribution < 1.29 is 14.7 Å². The van der Waals surface area contributed by atoms with Crippen LogP contribution in [0.25, 0.3) is 11.0 Å². The molecule has 1 saturated carbocycles. The molecule has 110 valence electrons. The van der Waals surface area contributed by atoms with Gasteiger partial charge in [0.15, 0.2) is 10.1 Å². The van der Waals surface area contributed by atoms with Crippen molar-refractivity contribution in [1.29, 1.82) is 0 Å². The molecule has 1 aliphatic carbocycles. The summed E-state index contributed by atoms with van der Waals surface area (Å²) in [7, 11) is 0. The molecule has 2 aromatic rings.